The number of ether oxygens (including phenoxy) is 4. The van der Waals surface area contributed by atoms with Crippen LogP contribution in [0.15, 0.2) is 0 Å². The van der Waals surface area contributed by atoms with Gasteiger partial charge < -0.3 is 50.8 Å². The predicted molar refractivity (Wildman–Crippen MR) is 279 cm³/mol. The first-order valence-corrected chi connectivity index (χ1v) is 28.3. The number of piperidine rings is 6. The summed E-state index contributed by atoms with van der Waals surface area (Å²) in [7, 11) is 0. The van der Waals surface area contributed by atoms with Gasteiger partial charge in [-0.2, -0.15) is 0 Å². The quantitative estimate of drug-likeness (QED) is 0.0386. The molecule has 6 rings (SSSR count). The molecule has 0 amide bonds. The monoisotopic (exact) mass is 1010 g/mol. The first-order chi connectivity index (χ1) is 34.1. The van der Waals surface area contributed by atoms with Gasteiger partial charge in [-0.05, 0) is 198 Å². The van der Waals surface area contributed by atoms with Gasteiger partial charge in [0.25, 0.3) is 0 Å². The Morgan fingerprint density at radius 2 is 0.639 bits per heavy atom. The molecular formula is C56H98N6O10. The minimum Gasteiger partial charge on any atom is -0.462 e. The second-order valence-corrected chi connectivity index (χ2v) is 24.8. The normalized spacial score (nSPS) is 24.1. The molecule has 16 heteroatoms. The standard InChI is InChI=1S/C28H46N4O8.C28H52N2O2/c33-25(37-19-1-9-29-10-2-19)17-23(27(35)39-21-5-13-31-14-6-21)24(28(36)40-22-7-15-32-16-8-22)18-26(34)38-20-3-11-30-12-4-20;1-25(2)17-21(18-26(3,4)29-25)23(31)15-13-11-9-10-12-14-16-24(32)22-19-27(5,6)30-28(7,8)20-22/h19-24,29-32H,1-18H2;21-22,29-30H,9-20H2,1-8H3. The van der Waals surface area contributed by atoms with Gasteiger partial charge in [-0.15, -0.1) is 0 Å². The van der Waals surface area contributed by atoms with E-state index < -0.39 is 35.7 Å². The van der Waals surface area contributed by atoms with Crippen LogP contribution in [0.3, 0.4) is 0 Å². The fraction of sp³-hybridized carbons (Fsp3) is 0.893. The van der Waals surface area contributed by atoms with Crippen LogP contribution in [0.2, 0.25) is 0 Å². The van der Waals surface area contributed by atoms with Crippen LogP contribution in [-0.2, 0) is 47.7 Å². The van der Waals surface area contributed by atoms with Gasteiger partial charge in [0.05, 0.1) is 24.7 Å². The number of nitrogens with one attached hydrogen (secondary N) is 6. The Kier molecular flexibility index (Phi) is 23.9. The minimum atomic E-state index is -1.21. The van der Waals surface area contributed by atoms with Crippen molar-refractivity contribution in [2.24, 2.45) is 23.7 Å². The summed E-state index contributed by atoms with van der Waals surface area (Å²) in [5.74, 6) is -3.58. The Labute approximate surface area is 433 Å². The summed E-state index contributed by atoms with van der Waals surface area (Å²) in [6, 6.07) is 0. The molecule has 6 heterocycles. The number of unbranched alkanes of at least 4 members (excludes halogenated alkanes) is 5. The van der Waals surface area contributed by atoms with Crippen molar-refractivity contribution in [3.8, 4) is 0 Å². The molecular weight excluding hydrogens is 917 g/mol. The molecule has 0 aliphatic carbocycles. The van der Waals surface area contributed by atoms with Crippen LogP contribution in [0.4, 0.5) is 0 Å². The smallest absolute Gasteiger partial charge is 0.310 e. The van der Waals surface area contributed by atoms with Crippen LogP contribution in [0.5, 0.6) is 0 Å². The molecule has 6 N–H and O–H groups in total. The van der Waals surface area contributed by atoms with E-state index in [2.05, 4.69) is 87.3 Å². The van der Waals surface area contributed by atoms with Crippen molar-refractivity contribution in [2.45, 2.75) is 243 Å². The first kappa shape index (κ1) is 59.9. The van der Waals surface area contributed by atoms with Gasteiger partial charge in [0.2, 0.25) is 0 Å². The molecule has 0 aromatic heterocycles. The zero-order valence-electron chi connectivity index (χ0n) is 45.9. The van der Waals surface area contributed by atoms with E-state index in [1.54, 1.807) is 0 Å². The van der Waals surface area contributed by atoms with Crippen molar-refractivity contribution in [2.75, 3.05) is 52.4 Å². The molecule has 412 valence electrons. The molecule has 6 fully saturated rings. The van der Waals surface area contributed by atoms with Crippen LogP contribution >= 0.6 is 0 Å². The maximum Gasteiger partial charge on any atom is 0.310 e. The van der Waals surface area contributed by atoms with Gasteiger partial charge in [-0.1, -0.05) is 25.7 Å². The molecule has 0 aromatic carbocycles. The van der Waals surface area contributed by atoms with Crippen molar-refractivity contribution in [3.63, 3.8) is 0 Å². The summed E-state index contributed by atoms with van der Waals surface area (Å²) in [6.45, 7) is 23.5. The molecule has 72 heavy (non-hydrogen) atoms. The molecule has 0 spiro atoms. The van der Waals surface area contributed by atoms with E-state index in [9.17, 15) is 28.8 Å². The van der Waals surface area contributed by atoms with E-state index in [-0.39, 0.29) is 71.2 Å². The summed E-state index contributed by atoms with van der Waals surface area (Å²) in [5, 5.41) is 20.3. The lowest BCUT2D eigenvalue weighted by Crippen LogP contribution is -2.58. The lowest BCUT2D eigenvalue weighted by atomic mass is 9.73. The van der Waals surface area contributed by atoms with Crippen LogP contribution in [-0.4, -0.2) is 134 Å². The van der Waals surface area contributed by atoms with E-state index in [1.807, 2.05) is 0 Å². The Morgan fingerprint density at radius 3 is 0.917 bits per heavy atom. The maximum atomic E-state index is 13.6. The van der Waals surface area contributed by atoms with Crippen molar-refractivity contribution >= 4 is 35.4 Å². The maximum absolute atomic E-state index is 13.6. The molecule has 6 aliphatic heterocycles. The van der Waals surface area contributed by atoms with E-state index in [4.69, 9.17) is 18.9 Å². The average Bonchev–Trinajstić information content (AvgIpc) is 3.30. The van der Waals surface area contributed by atoms with E-state index in [0.717, 1.165) is 90.4 Å². The Bertz CT molecular complexity index is 1570. The molecule has 2 atom stereocenters. The lowest BCUT2D eigenvalue weighted by Gasteiger charge is -2.46. The zero-order valence-corrected chi connectivity index (χ0v) is 45.9. The van der Waals surface area contributed by atoms with Crippen molar-refractivity contribution < 1.29 is 47.7 Å². The van der Waals surface area contributed by atoms with Crippen LogP contribution in [0.25, 0.3) is 0 Å². The number of hydrogen-bond donors (Lipinski definition) is 6. The molecule has 6 aliphatic rings. The van der Waals surface area contributed by atoms with Gasteiger partial charge >= 0.3 is 23.9 Å². The SMILES string of the molecule is CC1(C)CC(C(=O)CCCCCCCCC(=O)C2CC(C)(C)NC(C)(C)C2)CC(C)(C)N1.O=C(CC(C(=O)OC1CCNCC1)C(CC(=O)OC1CCNCC1)C(=O)OC1CCNCC1)OC1CCNCC1. The molecule has 16 nitrogen and oxygen atoms in total. The van der Waals surface area contributed by atoms with Crippen molar-refractivity contribution in [3.05, 3.63) is 0 Å². The van der Waals surface area contributed by atoms with Crippen molar-refractivity contribution in [1.82, 2.24) is 31.9 Å². The lowest BCUT2D eigenvalue weighted by molar-refractivity contribution is -0.174. The molecule has 0 bridgehead atoms. The third kappa shape index (κ3) is 21.7. The fourth-order valence-corrected chi connectivity index (χ4v) is 12.6. The number of Topliss-reactive ketones (excluding diaryl/α,β-unsaturated/α-hetero) is 2. The highest BCUT2D eigenvalue weighted by molar-refractivity contribution is 5.89. The number of hydrogen-bond acceptors (Lipinski definition) is 16. The Hall–Kier alpha value is -3.02. The summed E-state index contributed by atoms with van der Waals surface area (Å²) < 4.78 is 23.0. The number of carbonyl (C=O) groups is 6. The second kappa shape index (κ2) is 28.8. The Morgan fingerprint density at radius 1 is 0.389 bits per heavy atom. The molecule has 6 saturated heterocycles. The van der Waals surface area contributed by atoms with Gasteiger partial charge in [0, 0.05) is 46.8 Å². The summed E-state index contributed by atoms with van der Waals surface area (Å²) >= 11 is 0. The van der Waals surface area contributed by atoms with Gasteiger partial charge in [-0.25, -0.2) is 0 Å². The van der Waals surface area contributed by atoms with Crippen LogP contribution < -0.4 is 31.9 Å². The number of carbonyl (C=O) groups excluding carboxylic acids is 6. The highest BCUT2D eigenvalue weighted by Crippen LogP contribution is 2.36. The van der Waals surface area contributed by atoms with Crippen molar-refractivity contribution in [1.29, 1.82) is 0 Å². The number of rotatable bonds is 22. The molecule has 0 saturated carbocycles. The second-order valence-electron chi connectivity index (χ2n) is 24.8. The van der Waals surface area contributed by atoms with Gasteiger partial charge in [0.1, 0.15) is 36.0 Å². The third-order valence-electron chi connectivity index (χ3n) is 15.6. The molecule has 0 aromatic rings. The van der Waals surface area contributed by atoms with E-state index in [0.29, 0.717) is 89.1 Å². The van der Waals surface area contributed by atoms with Crippen LogP contribution in [0, 0.1) is 23.7 Å². The minimum absolute atomic E-state index is 0.0408. The highest BCUT2D eigenvalue weighted by atomic mass is 16.6. The van der Waals surface area contributed by atoms with Gasteiger partial charge in [0.15, 0.2) is 0 Å². The third-order valence-corrected chi connectivity index (χ3v) is 15.6. The first-order valence-electron chi connectivity index (χ1n) is 28.3. The Balaban J connectivity index is 0.000000275. The largest absolute Gasteiger partial charge is 0.462 e. The summed E-state index contributed by atoms with van der Waals surface area (Å²) in [4.78, 5) is 78.9. The summed E-state index contributed by atoms with van der Waals surface area (Å²) in [6.07, 6.45) is 15.3. The van der Waals surface area contributed by atoms with Crippen LogP contribution in [0.1, 0.15) is 197 Å². The average molecular weight is 1020 g/mol. The highest BCUT2D eigenvalue weighted by Gasteiger charge is 2.44. The molecule has 2 unspecified atom stereocenters. The number of esters is 4. The van der Waals surface area contributed by atoms with E-state index >= 15 is 0 Å². The van der Waals surface area contributed by atoms with E-state index in [1.165, 1.54) is 12.8 Å². The fourth-order valence-electron chi connectivity index (χ4n) is 12.6. The zero-order chi connectivity index (χ0) is 52.4. The predicted octanol–water partition coefficient (Wildman–Crippen LogP) is 6.54. The topological polar surface area (TPSA) is 212 Å². The van der Waals surface area contributed by atoms with Gasteiger partial charge in [-0.3, -0.25) is 28.8 Å². The molecule has 0 radical (unpaired) electrons. The summed E-state index contributed by atoms with van der Waals surface area (Å²) in [5.41, 5.74) is 0.163. The number of ketones is 2.